The number of carbonyl (C=O) groups excluding carboxylic acids is 1. The molecule has 0 aliphatic rings. The molecule has 0 unspecified atom stereocenters. The molecular weight excluding hydrogens is 254 g/mol. The first kappa shape index (κ1) is 16.3. The van der Waals surface area contributed by atoms with Gasteiger partial charge in [-0.3, -0.25) is 0 Å². The number of urea groups is 1. The normalized spacial score (nSPS) is 11.1. The van der Waals surface area contributed by atoms with Crippen LogP contribution in [0.25, 0.3) is 0 Å². The van der Waals surface area contributed by atoms with Crippen LogP contribution in [-0.4, -0.2) is 55.4 Å². The van der Waals surface area contributed by atoms with Crippen LogP contribution < -0.4 is 10.2 Å². The smallest absolute Gasteiger partial charge is 0.317 e. The van der Waals surface area contributed by atoms with Crippen molar-refractivity contribution in [3.8, 4) is 0 Å². The van der Waals surface area contributed by atoms with E-state index < -0.39 is 5.60 Å². The summed E-state index contributed by atoms with van der Waals surface area (Å²) >= 11 is 0. The molecule has 0 bridgehead atoms. The maximum absolute atomic E-state index is 11.8. The molecule has 0 fully saturated rings. The fraction of sp³-hybridized carbons (Fsp3) is 0.533. The minimum Gasteiger partial charge on any atom is -0.389 e. The molecule has 5 heteroatoms. The average molecular weight is 279 g/mol. The van der Waals surface area contributed by atoms with Crippen LogP contribution in [0.1, 0.15) is 13.8 Å². The number of carbonyl (C=O) groups is 1. The van der Waals surface area contributed by atoms with E-state index in [-0.39, 0.29) is 6.03 Å². The zero-order valence-electron chi connectivity index (χ0n) is 12.8. The Bertz CT molecular complexity index is 415. The van der Waals surface area contributed by atoms with Crippen LogP contribution in [0.4, 0.5) is 10.5 Å². The standard InChI is InChI=1S/C15H25N3O2/c1-15(2,20)12-18(4)14(19)16-10-11-17(3)13-8-6-5-7-9-13/h5-9,20H,10-12H2,1-4H3,(H,16,19). The number of benzene rings is 1. The molecule has 0 atom stereocenters. The van der Waals surface area contributed by atoms with Crippen molar-refractivity contribution in [2.45, 2.75) is 19.4 Å². The number of rotatable bonds is 6. The van der Waals surface area contributed by atoms with E-state index in [0.29, 0.717) is 13.1 Å². The lowest BCUT2D eigenvalue weighted by Gasteiger charge is -2.26. The predicted octanol–water partition coefficient (Wildman–Crippen LogP) is 1.54. The van der Waals surface area contributed by atoms with E-state index in [9.17, 15) is 9.90 Å². The first-order valence-electron chi connectivity index (χ1n) is 6.77. The van der Waals surface area contributed by atoms with Crippen LogP contribution in [0.5, 0.6) is 0 Å². The number of likely N-dealkylation sites (N-methyl/N-ethyl adjacent to an activating group) is 2. The van der Waals surface area contributed by atoms with Gasteiger partial charge in [-0.1, -0.05) is 18.2 Å². The molecule has 0 spiro atoms. The molecule has 1 aromatic rings. The third-order valence-electron chi connectivity index (χ3n) is 2.89. The van der Waals surface area contributed by atoms with Gasteiger partial charge in [0.25, 0.3) is 0 Å². The number of nitrogens with zero attached hydrogens (tertiary/aromatic N) is 2. The Morgan fingerprint density at radius 3 is 2.40 bits per heavy atom. The Kier molecular flexibility index (Phi) is 5.82. The van der Waals surface area contributed by atoms with Gasteiger partial charge in [-0.2, -0.15) is 0 Å². The van der Waals surface area contributed by atoms with E-state index >= 15 is 0 Å². The lowest BCUT2D eigenvalue weighted by atomic mass is 10.1. The highest BCUT2D eigenvalue weighted by atomic mass is 16.3. The van der Waals surface area contributed by atoms with Gasteiger partial charge in [-0.15, -0.1) is 0 Å². The molecule has 2 N–H and O–H groups in total. The summed E-state index contributed by atoms with van der Waals surface area (Å²) in [5, 5.41) is 12.5. The Labute approximate surface area is 121 Å². The molecule has 0 aromatic heterocycles. The molecule has 1 aromatic carbocycles. The fourth-order valence-electron chi connectivity index (χ4n) is 1.93. The SMILES string of the molecule is CN(CC(C)(C)O)C(=O)NCCN(C)c1ccccc1. The summed E-state index contributed by atoms with van der Waals surface area (Å²) < 4.78 is 0. The van der Waals surface area contributed by atoms with E-state index in [2.05, 4.69) is 10.2 Å². The zero-order chi connectivity index (χ0) is 15.2. The average Bonchev–Trinajstić information content (AvgIpc) is 2.37. The highest BCUT2D eigenvalue weighted by molar-refractivity contribution is 5.73. The largest absolute Gasteiger partial charge is 0.389 e. The van der Waals surface area contributed by atoms with Gasteiger partial charge in [0, 0.05) is 32.9 Å². The molecule has 0 saturated carbocycles. The Morgan fingerprint density at radius 1 is 1.25 bits per heavy atom. The highest BCUT2D eigenvalue weighted by Gasteiger charge is 2.18. The van der Waals surface area contributed by atoms with E-state index in [1.807, 2.05) is 37.4 Å². The van der Waals surface area contributed by atoms with E-state index in [1.165, 1.54) is 4.90 Å². The summed E-state index contributed by atoms with van der Waals surface area (Å²) in [5.41, 5.74) is 0.235. The number of hydrogen-bond acceptors (Lipinski definition) is 3. The van der Waals surface area contributed by atoms with Gasteiger partial charge in [0.05, 0.1) is 12.1 Å². The third-order valence-corrected chi connectivity index (χ3v) is 2.89. The van der Waals surface area contributed by atoms with Gasteiger partial charge in [-0.05, 0) is 26.0 Å². The molecule has 0 radical (unpaired) electrons. The molecule has 0 aliphatic carbocycles. The maximum atomic E-state index is 11.8. The molecule has 0 heterocycles. The number of nitrogens with one attached hydrogen (secondary N) is 1. The van der Waals surface area contributed by atoms with Gasteiger partial charge >= 0.3 is 6.03 Å². The van der Waals surface area contributed by atoms with Crippen LogP contribution in [0, 0.1) is 0 Å². The molecule has 112 valence electrons. The highest BCUT2D eigenvalue weighted by Crippen LogP contribution is 2.09. The second kappa shape index (κ2) is 7.14. The van der Waals surface area contributed by atoms with Gasteiger partial charge in [0.15, 0.2) is 0 Å². The van der Waals surface area contributed by atoms with Crippen molar-refractivity contribution in [2.75, 3.05) is 38.6 Å². The van der Waals surface area contributed by atoms with Crippen LogP contribution in [0.3, 0.4) is 0 Å². The number of hydrogen-bond donors (Lipinski definition) is 2. The van der Waals surface area contributed by atoms with Gasteiger partial charge < -0.3 is 20.2 Å². The molecule has 2 amide bonds. The van der Waals surface area contributed by atoms with Crippen LogP contribution in [0.15, 0.2) is 30.3 Å². The molecule has 1 rings (SSSR count). The van der Waals surface area contributed by atoms with E-state index in [1.54, 1.807) is 20.9 Å². The Hall–Kier alpha value is -1.75. The van der Waals surface area contributed by atoms with E-state index in [0.717, 1.165) is 12.2 Å². The predicted molar refractivity (Wildman–Crippen MR) is 82.0 cm³/mol. The van der Waals surface area contributed by atoms with Crippen molar-refractivity contribution in [3.63, 3.8) is 0 Å². The summed E-state index contributed by atoms with van der Waals surface area (Å²) in [6, 6.07) is 9.84. The molecule has 20 heavy (non-hydrogen) atoms. The summed E-state index contributed by atoms with van der Waals surface area (Å²) in [7, 11) is 3.66. The molecule has 0 saturated heterocycles. The first-order chi connectivity index (χ1) is 9.29. The van der Waals surface area contributed by atoms with Gasteiger partial charge in [-0.25, -0.2) is 4.79 Å². The van der Waals surface area contributed by atoms with Gasteiger partial charge in [0.2, 0.25) is 0 Å². The van der Waals surface area contributed by atoms with Crippen LogP contribution in [-0.2, 0) is 0 Å². The summed E-state index contributed by atoms with van der Waals surface area (Å²) in [4.78, 5) is 15.4. The fourth-order valence-corrected chi connectivity index (χ4v) is 1.93. The van der Waals surface area contributed by atoms with Gasteiger partial charge in [0.1, 0.15) is 0 Å². The summed E-state index contributed by atoms with van der Waals surface area (Å²) in [6.45, 7) is 4.94. The number of aliphatic hydroxyl groups is 1. The zero-order valence-corrected chi connectivity index (χ0v) is 12.8. The van der Waals surface area contributed by atoms with Crippen molar-refractivity contribution >= 4 is 11.7 Å². The van der Waals surface area contributed by atoms with Crippen molar-refractivity contribution < 1.29 is 9.90 Å². The number of anilines is 1. The molecular formula is C15H25N3O2. The van der Waals surface area contributed by atoms with Crippen molar-refractivity contribution in [3.05, 3.63) is 30.3 Å². The second-order valence-corrected chi connectivity index (χ2v) is 5.66. The molecule has 5 nitrogen and oxygen atoms in total. The number of para-hydroxylation sites is 1. The maximum Gasteiger partial charge on any atom is 0.317 e. The quantitative estimate of drug-likeness (QED) is 0.830. The second-order valence-electron chi connectivity index (χ2n) is 5.66. The minimum atomic E-state index is -0.882. The monoisotopic (exact) mass is 279 g/mol. The summed E-state index contributed by atoms with van der Waals surface area (Å²) in [6.07, 6.45) is 0. The lowest BCUT2D eigenvalue weighted by Crippen LogP contribution is -2.46. The van der Waals surface area contributed by atoms with Crippen molar-refractivity contribution in [2.24, 2.45) is 0 Å². The Morgan fingerprint density at radius 2 is 1.85 bits per heavy atom. The van der Waals surface area contributed by atoms with E-state index in [4.69, 9.17) is 0 Å². The van der Waals surface area contributed by atoms with Crippen molar-refractivity contribution in [1.82, 2.24) is 10.2 Å². The topological polar surface area (TPSA) is 55.8 Å². The van der Waals surface area contributed by atoms with Crippen molar-refractivity contribution in [1.29, 1.82) is 0 Å². The third kappa shape index (κ3) is 5.93. The van der Waals surface area contributed by atoms with Crippen LogP contribution >= 0.6 is 0 Å². The minimum absolute atomic E-state index is 0.173. The summed E-state index contributed by atoms with van der Waals surface area (Å²) in [5.74, 6) is 0. The number of amides is 2. The lowest BCUT2D eigenvalue weighted by molar-refractivity contribution is 0.0532. The molecule has 0 aliphatic heterocycles. The Balaban J connectivity index is 2.32. The van der Waals surface area contributed by atoms with Crippen LogP contribution in [0.2, 0.25) is 0 Å². The first-order valence-corrected chi connectivity index (χ1v) is 6.77.